The van der Waals surface area contributed by atoms with Gasteiger partial charge in [-0.15, -0.1) is 0 Å². The van der Waals surface area contributed by atoms with Crippen LogP contribution in [0.3, 0.4) is 0 Å². The number of halogens is 2. The second-order valence-electron chi connectivity index (χ2n) is 4.50. The molecule has 1 amide bonds. The van der Waals surface area contributed by atoms with Crippen molar-refractivity contribution in [1.82, 2.24) is 9.61 Å². The van der Waals surface area contributed by atoms with E-state index in [0.29, 0.717) is 27.0 Å². The third-order valence-corrected chi connectivity index (χ3v) is 3.77. The molecule has 0 bridgehead atoms. The summed E-state index contributed by atoms with van der Waals surface area (Å²) in [6.45, 7) is 0. The van der Waals surface area contributed by atoms with Gasteiger partial charge in [0.1, 0.15) is 5.75 Å². The number of benzene rings is 1. The second-order valence-corrected chi connectivity index (χ2v) is 5.28. The quantitative estimate of drug-likeness (QED) is 0.789. The van der Waals surface area contributed by atoms with Gasteiger partial charge in [0.2, 0.25) is 0 Å². The highest BCUT2D eigenvalue weighted by Crippen LogP contribution is 2.28. The van der Waals surface area contributed by atoms with E-state index in [2.05, 4.69) is 10.4 Å². The number of ether oxygens (including phenoxy) is 1. The van der Waals surface area contributed by atoms with Crippen LogP contribution in [0.4, 0.5) is 5.69 Å². The Kier molecular flexibility index (Phi) is 3.92. The summed E-state index contributed by atoms with van der Waals surface area (Å²) in [7, 11) is 1.52. The monoisotopic (exact) mass is 335 g/mol. The Hall–Kier alpha value is -2.24. The van der Waals surface area contributed by atoms with E-state index in [9.17, 15) is 4.79 Å². The molecule has 2 aromatic heterocycles. The van der Waals surface area contributed by atoms with Crippen LogP contribution in [-0.4, -0.2) is 22.6 Å². The minimum atomic E-state index is -0.407. The molecule has 3 rings (SSSR count). The molecular weight excluding hydrogens is 325 g/mol. The molecule has 0 unspecified atom stereocenters. The summed E-state index contributed by atoms with van der Waals surface area (Å²) >= 11 is 12.2. The summed E-state index contributed by atoms with van der Waals surface area (Å²) < 4.78 is 6.62. The number of rotatable bonds is 3. The van der Waals surface area contributed by atoms with E-state index in [-0.39, 0.29) is 5.69 Å². The van der Waals surface area contributed by atoms with Crippen LogP contribution < -0.4 is 10.1 Å². The fourth-order valence-electron chi connectivity index (χ4n) is 2.05. The zero-order valence-corrected chi connectivity index (χ0v) is 13.0. The van der Waals surface area contributed by atoms with Gasteiger partial charge in [0.25, 0.3) is 5.91 Å². The first-order valence-corrected chi connectivity index (χ1v) is 7.13. The molecule has 1 aromatic carbocycles. The van der Waals surface area contributed by atoms with Gasteiger partial charge in [-0.25, -0.2) is 4.52 Å². The first-order chi connectivity index (χ1) is 10.6. The molecule has 0 aliphatic carbocycles. The summed E-state index contributed by atoms with van der Waals surface area (Å²) in [6.07, 6.45) is 1.72. The zero-order valence-electron chi connectivity index (χ0n) is 11.5. The first-order valence-electron chi connectivity index (χ1n) is 6.38. The van der Waals surface area contributed by atoms with Gasteiger partial charge in [0.15, 0.2) is 5.69 Å². The van der Waals surface area contributed by atoms with Crippen molar-refractivity contribution >= 4 is 40.3 Å². The third-order valence-electron chi connectivity index (χ3n) is 3.10. The van der Waals surface area contributed by atoms with E-state index in [0.717, 1.165) is 0 Å². The normalized spacial score (nSPS) is 10.7. The van der Waals surface area contributed by atoms with Crippen LogP contribution in [-0.2, 0) is 0 Å². The van der Waals surface area contributed by atoms with Crippen molar-refractivity contribution in [1.29, 1.82) is 0 Å². The topological polar surface area (TPSA) is 55.6 Å². The van der Waals surface area contributed by atoms with Crippen LogP contribution in [0, 0.1) is 0 Å². The average Bonchev–Trinajstić information content (AvgIpc) is 2.85. The van der Waals surface area contributed by atoms with Crippen molar-refractivity contribution in [3.05, 3.63) is 58.3 Å². The lowest BCUT2D eigenvalue weighted by Crippen LogP contribution is -2.13. The zero-order chi connectivity index (χ0) is 15.7. The molecule has 0 aliphatic heterocycles. The molecule has 1 N–H and O–H groups in total. The fraction of sp³-hybridized carbons (Fsp3) is 0.0667. The summed E-state index contributed by atoms with van der Waals surface area (Å²) in [5, 5.41) is 7.60. The highest BCUT2D eigenvalue weighted by Gasteiger charge is 2.18. The molecule has 0 atom stereocenters. The number of carbonyl (C=O) groups excluding carboxylic acids is 1. The number of anilines is 1. The molecule has 0 spiro atoms. The molecular formula is C15H11Cl2N3O2. The predicted octanol–water partition coefficient (Wildman–Crippen LogP) is 3.90. The molecule has 3 aromatic rings. The maximum atomic E-state index is 12.3. The maximum absolute atomic E-state index is 12.3. The number of nitrogens with one attached hydrogen (secondary N) is 1. The molecule has 5 nitrogen and oxygen atoms in total. The molecule has 2 heterocycles. The van der Waals surface area contributed by atoms with Crippen LogP contribution in [0.25, 0.3) is 5.52 Å². The number of aromatic nitrogens is 2. The van der Waals surface area contributed by atoms with E-state index in [4.69, 9.17) is 27.9 Å². The Morgan fingerprint density at radius 2 is 2.09 bits per heavy atom. The molecule has 22 heavy (non-hydrogen) atoms. The van der Waals surface area contributed by atoms with E-state index in [1.54, 1.807) is 41.0 Å². The van der Waals surface area contributed by atoms with Gasteiger partial charge in [-0.2, -0.15) is 5.10 Å². The van der Waals surface area contributed by atoms with Crippen LogP contribution in [0.5, 0.6) is 5.75 Å². The molecule has 0 saturated carbocycles. The smallest absolute Gasteiger partial charge is 0.277 e. The Labute approximate surface area is 136 Å². The number of fused-ring (bicyclic) bond motifs is 1. The van der Waals surface area contributed by atoms with Gasteiger partial charge >= 0.3 is 0 Å². The number of amides is 1. The van der Waals surface area contributed by atoms with Gasteiger partial charge in [0, 0.05) is 11.9 Å². The highest BCUT2D eigenvalue weighted by molar-refractivity contribution is 6.37. The molecule has 0 aliphatic rings. The van der Waals surface area contributed by atoms with Crippen molar-refractivity contribution in [2.45, 2.75) is 0 Å². The van der Waals surface area contributed by atoms with E-state index in [1.807, 2.05) is 6.07 Å². The third kappa shape index (κ3) is 2.61. The lowest BCUT2D eigenvalue weighted by Gasteiger charge is -2.07. The molecule has 112 valence electrons. The van der Waals surface area contributed by atoms with Gasteiger partial charge in [-0.05, 0) is 30.3 Å². The summed E-state index contributed by atoms with van der Waals surface area (Å²) in [4.78, 5) is 12.3. The van der Waals surface area contributed by atoms with E-state index < -0.39 is 5.91 Å². The van der Waals surface area contributed by atoms with Crippen LogP contribution in [0.2, 0.25) is 10.0 Å². The largest absolute Gasteiger partial charge is 0.495 e. The first kappa shape index (κ1) is 14.7. The molecule has 0 saturated heterocycles. The number of hydrogen-bond acceptors (Lipinski definition) is 3. The van der Waals surface area contributed by atoms with Crippen LogP contribution in [0.1, 0.15) is 10.5 Å². The van der Waals surface area contributed by atoms with Crippen LogP contribution >= 0.6 is 23.2 Å². The van der Waals surface area contributed by atoms with Gasteiger partial charge in [0.05, 0.1) is 22.7 Å². The number of pyridine rings is 1. The van der Waals surface area contributed by atoms with E-state index >= 15 is 0 Å². The summed E-state index contributed by atoms with van der Waals surface area (Å²) in [5.41, 5.74) is 1.35. The SMILES string of the molecule is COc1ccc(NC(=O)c2nn3ccccc3c2Cl)cc1Cl. The summed E-state index contributed by atoms with van der Waals surface area (Å²) in [6, 6.07) is 10.4. The highest BCUT2D eigenvalue weighted by atomic mass is 35.5. The van der Waals surface area contributed by atoms with Crippen molar-refractivity contribution in [2.24, 2.45) is 0 Å². The predicted molar refractivity (Wildman–Crippen MR) is 86.2 cm³/mol. The summed E-state index contributed by atoms with van der Waals surface area (Å²) in [5.74, 6) is 0.125. The number of nitrogens with zero attached hydrogens (tertiary/aromatic N) is 2. The molecule has 0 fully saturated rings. The van der Waals surface area contributed by atoms with Crippen LogP contribution in [0.15, 0.2) is 42.6 Å². The van der Waals surface area contributed by atoms with Crippen molar-refractivity contribution in [2.75, 3.05) is 12.4 Å². The van der Waals surface area contributed by atoms with Crippen molar-refractivity contribution in [3.8, 4) is 5.75 Å². The van der Waals surface area contributed by atoms with E-state index in [1.165, 1.54) is 7.11 Å². The maximum Gasteiger partial charge on any atom is 0.277 e. The molecule has 7 heteroatoms. The van der Waals surface area contributed by atoms with Crippen molar-refractivity contribution < 1.29 is 9.53 Å². The fourth-order valence-corrected chi connectivity index (χ4v) is 2.58. The Morgan fingerprint density at radius 3 is 2.77 bits per heavy atom. The van der Waals surface area contributed by atoms with Gasteiger partial charge in [-0.3, -0.25) is 4.79 Å². The average molecular weight is 336 g/mol. The number of hydrogen-bond donors (Lipinski definition) is 1. The second kappa shape index (κ2) is 5.87. The lowest BCUT2D eigenvalue weighted by molar-refractivity contribution is 0.102. The molecule has 0 radical (unpaired) electrons. The number of methoxy groups -OCH3 is 1. The van der Waals surface area contributed by atoms with Gasteiger partial charge in [-0.1, -0.05) is 29.3 Å². The Balaban J connectivity index is 1.90. The van der Waals surface area contributed by atoms with Gasteiger partial charge < -0.3 is 10.1 Å². The minimum absolute atomic E-state index is 0.153. The van der Waals surface area contributed by atoms with Crippen molar-refractivity contribution in [3.63, 3.8) is 0 Å². The Morgan fingerprint density at radius 1 is 1.27 bits per heavy atom. The number of carbonyl (C=O) groups is 1. The Bertz CT molecular complexity index is 861. The lowest BCUT2D eigenvalue weighted by atomic mass is 10.3. The minimum Gasteiger partial charge on any atom is -0.495 e. The standard InChI is InChI=1S/C15H11Cl2N3O2/c1-22-12-6-5-9(8-10(12)16)18-15(21)14-13(17)11-4-2-3-7-20(11)19-14/h2-8H,1H3,(H,18,21).